The summed E-state index contributed by atoms with van der Waals surface area (Å²) in [7, 11) is 0. The van der Waals surface area contributed by atoms with E-state index in [9.17, 15) is 0 Å². The summed E-state index contributed by atoms with van der Waals surface area (Å²) in [4.78, 5) is 2.55. The Morgan fingerprint density at radius 2 is 1.22 bits per heavy atom. The van der Waals surface area contributed by atoms with Gasteiger partial charge in [-0.2, -0.15) is 0 Å². The van der Waals surface area contributed by atoms with Gasteiger partial charge in [-0.15, -0.1) is 0 Å². The lowest BCUT2D eigenvalue weighted by Crippen LogP contribution is -2.14. The fourth-order valence-corrected chi connectivity index (χ4v) is 8.34. The lowest BCUT2D eigenvalue weighted by molar-refractivity contribution is 0.922. The van der Waals surface area contributed by atoms with E-state index in [1.54, 1.807) is 0 Å². The normalized spacial score (nSPS) is 12.6. The standard InChI is InChI=1S/C48H48N2/c1-5-12-32-18-22-37(23-19-32)49-44-30-34(7-3)40-27-29-43-46(31-35(8-4)41-26-28-42(44)47(40)48(41)43)50(38-24-20-33(13-6-2)21-25-38)45-17-11-15-36-14-9-10-16-39(36)45/h10-11,15-31,49H,5-9,12-14H2,1-4H3. The number of rotatable bonds is 11. The lowest BCUT2D eigenvalue weighted by Gasteiger charge is -2.31. The summed E-state index contributed by atoms with van der Waals surface area (Å²) in [6, 6.07) is 39.6. The van der Waals surface area contributed by atoms with E-state index in [1.807, 2.05) is 0 Å². The maximum absolute atomic E-state index is 3.85. The van der Waals surface area contributed by atoms with Crippen LogP contribution in [-0.4, -0.2) is 0 Å². The summed E-state index contributed by atoms with van der Waals surface area (Å²) in [6.45, 7) is 9.09. The molecule has 8 rings (SSSR count). The second kappa shape index (κ2) is 13.7. The van der Waals surface area contributed by atoms with Gasteiger partial charge < -0.3 is 10.2 Å². The predicted molar refractivity (Wildman–Crippen MR) is 219 cm³/mol. The molecule has 0 saturated heterocycles. The van der Waals surface area contributed by atoms with Crippen molar-refractivity contribution in [1.82, 2.24) is 0 Å². The van der Waals surface area contributed by atoms with Crippen molar-refractivity contribution in [1.29, 1.82) is 0 Å². The first-order valence-corrected chi connectivity index (χ1v) is 18.9. The summed E-state index contributed by atoms with van der Waals surface area (Å²) in [5.41, 5.74) is 14.3. The van der Waals surface area contributed by atoms with Crippen molar-refractivity contribution in [2.24, 2.45) is 0 Å². The molecule has 7 aromatic carbocycles. The Hall–Kier alpha value is -5.08. The molecule has 50 heavy (non-hydrogen) atoms. The highest BCUT2D eigenvalue weighted by molar-refractivity contribution is 6.29. The molecule has 0 bridgehead atoms. The first-order chi connectivity index (χ1) is 24.6. The highest BCUT2D eigenvalue weighted by atomic mass is 15.1. The maximum Gasteiger partial charge on any atom is 0.0543 e. The number of aryl methyl sites for hydroxylation is 5. The van der Waals surface area contributed by atoms with E-state index in [1.165, 1.54) is 88.4 Å². The minimum atomic E-state index is 0.965. The summed E-state index contributed by atoms with van der Waals surface area (Å²) >= 11 is 0. The number of nitrogens with one attached hydrogen (secondary N) is 1. The molecule has 250 valence electrons. The van der Waals surface area contributed by atoms with Crippen LogP contribution in [0.15, 0.2) is 109 Å². The molecule has 2 nitrogen and oxygen atoms in total. The molecular weight excluding hydrogens is 605 g/mol. The van der Waals surface area contributed by atoms with E-state index in [0.29, 0.717) is 0 Å². The highest BCUT2D eigenvalue weighted by Crippen LogP contribution is 2.48. The van der Waals surface area contributed by atoms with Crippen LogP contribution in [-0.2, 0) is 32.1 Å². The number of hydrogen-bond acceptors (Lipinski definition) is 2. The lowest BCUT2D eigenvalue weighted by atomic mass is 9.87. The zero-order valence-electron chi connectivity index (χ0n) is 30.1. The van der Waals surface area contributed by atoms with Crippen LogP contribution in [0.25, 0.3) is 38.4 Å². The van der Waals surface area contributed by atoms with Crippen LogP contribution >= 0.6 is 0 Å². The smallest absolute Gasteiger partial charge is 0.0543 e. The Morgan fingerprint density at radius 1 is 0.600 bits per heavy atom. The van der Waals surface area contributed by atoms with Gasteiger partial charge in [-0.1, -0.05) is 113 Å². The summed E-state index contributed by atoms with van der Waals surface area (Å²) in [5.74, 6) is 0. The average Bonchev–Trinajstić information content (AvgIpc) is 3.16. The molecule has 1 aliphatic rings. The van der Waals surface area contributed by atoms with E-state index >= 15 is 0 Å². The van der Waals surface area contributed by atoms with Crippen molar-refractivity contribution < 1.29 is 0 Å². The SMILES string of the molecule is CCCc1ccc(Nc2cc(CC)c3ccc4c(N(c5ccc(CCC)cc5)c5cccc6c5C=CCC6)cc(CC)c5ccc2c3c54)cc1. The Balaban J connectivity index is 1.40. The summed E-state index contributed by atoms with van der Waals surface area (Å²) in [5, 5.41) is 11.9. The van der Waals surface area contributed by atoms with Crippen LogP contribution in [0.2, 0.25) is 0 Å². The number of nitrogens with zero attached hydrogens (tertiary/aromatic N) is 1. The first-order valence-electron chi connectivity index (χ1n) is 18.9. The molecular formula is C48H48N2. The zero-order valence-corrected chi connectivity index (χ0v) is 30.1. The van der Waals surface area contributed by atoms with Crippen LogP contribution in [0.5, 0.6) is 0 Å². The topological polar surface area (TPSA) is 15.3 Å². The molecule has 0 atom stereocenters. The van der Waals surface area contributed by atoms with E-state index < -0.39 is 0 Å². The molecule has 7 aromatic rings. The highest BCUT2D eigenvalue weighted by Gasteiger charge is 2.24. The van der Waals surface area contributed by atoms with Crippen LogP contribution < -0.4 is 10.2 Å². The van der Waals surface area contributed by atoms with E-state index in [4.69, 9.17) is 0 Å². The van der Waals surface area contributed by atoms with Gasteiger partial charge in [-0.05, 0) is 130 Å². The molecule has 0 heterocycles. The Morgan fingerprint density at radius 3 is 1.90 bits per heavy atom. The first kappa shape index (κ1) is 32.1. The monoisotopic (exact) mass is 652 g/mol. The third kappa shape index (κ3) is 5.61. The fraction of sp³-hybridized carbons (Fsp3) is 0.250. The molecule has 0 aliphatic heterocycles. The molecule has 0 radical (unpaired) electrons. The van der Waals surface area contributed by atoms with Gasteiger partial charge >= 0.3 is 0 Å². The molecule has 0 spiro atoms. The minimum Gasteiger partial charge on any atom is -0.355 e. The number of allylic oxidation sites excluding steroid dienone is 1. The number of benzene rings is 7. The summed E-state index contributed by atoms with van der Waals surface area (Å²) in [6.07, 6.45) is 13.3. The molecule has 1 N–H and O–H groups in total. The average molecular weight is 653 g/mol. The quantitative estimate of drug-likeness (QED) is 0.140. The van der Waals surface area contributed by atoms with Crippen LogP contribution in [0.1, 0.15) is 80.3 Å². The van der Waals surface area contributed by atoms with Crippen LogP contribution in [0.3, 0.4) is 0 Å². The third-order valence-corrected chi connectivity index (χ3v) is 10.8. The van der Waals surface area contributed by atoms with E-state index in [0.717, 1.165) is 57.1 Å². The second-order valence-electron chi connectivity index (χ2n) is 14.0. The number of anilines is 5. The predicted octanol–water partition coefficient (Wildman–Crippen LogP) is 13.8. The molecule has 0 amide bonds. The number of fused-ring (bicyclic) bond motifs is 1. The zero-order chi connectivity index (χ0) is 34.2. The molecule has 1 aliphatic carbocycles. The molecule has 0 unspecified atom stereocenters. The van der Waals surface area contributed by atoms with Crippen LogP contribution in [0.4, 0.5) is 28.4 Å². The van der Waals surface area contributed by atoms with Gasteiger partial charge in [-0.3, -0.25) is 0 Å². The van der Waals surface area contributed by atoms with Gasteiger partial charge in [0.1, 0.15) is 0 Å². The molecule has 0 aromatic heterocycles. The van der Waals surface area contributed by atoms with E-state index in [2.05, 4.69) is 153 Å². The van der Waals surface area contributed by atoms with E-state index in [-0.39, 0.29) is 0 Å². The fourth-order valence-electron chi connectivity index (χ4n) is 8.34. The number of hydrogen-bond donors (Lipinski definition) is 1. The van der Waals surface area contributed by atoms with Crippen molar-refractivity contribution in [3.8, 4) is 0 Å². The third-order valence-electron chi connectivity index (χ3n) is 10.8. The van der Waals surface area contributed by atoms with Gasteiger partial charge in [0, 0.05) is 33.4 Å². The van der Waals surface area contributed by atoms with Gasteiger partial charge in [0.15, 0.2) is 0 Å². The molecule has 0 fully saturated rings. The molecule has 0 saturated carbocycles. The van der Waals surface area contributed by atoms with Crippen molar-refractivity contribution in [2.45, 2.75) is 79.1 Å². The van der Waals surface area contributed by atoms with Crippen LogP contribution in [0, 0.1) is 0 Å². The van der Waals surface area contributed by atoms with Crippen molar-refractivity contribution in [3.05, 3.63) is 143 Å². The Labute approximate surface area is 297 Å². The van der Waals surface area contributed by atoms with Crippen molar-refractivity contribution >= 4 is 66.8 Å². The Bertz CT molecular complexity index is 2330. The van der Waals surface area contributed by atoms with Crippen molar-refractivity contribution in [2.75, 3.05) is 10.2 Å². The van der Waals surface area contributed by atoms with Gasteiger partial charge in [0.25, 0.3) is 0 Å². The molecule has 2 heteroatoms. The van der Waals surface area contributed by atoms with Crippen molar-refractivity contribution in [3.63, 3.8) is 0 Å². The van der Waals surface area contributed by atoms with Gasteiger partial charge in [-0.25, -0.2) is 0 Å². The second-order valence-corrected chi connectivity index (χ2v) is 14.0. The van der Waals surface area contributed by atoms with Gasteiger partial charge in [0.05, 0.1) is 11.4 Å². The largest absolute Gasteiger partial charge is 0.355 e. The Kier molecular flexibility index (Phi) is 8.79. The maximum atomic E-state index is 3.85. The summed E-state index contributed by atoms with van der Waals surface area (Å²) < 4.78 is 0. The van der Waals surface area contributed by atoms with Gasteiger partial charge in [0.2, 0.25) is 0 Å². The minimum absolute atomic E-state index is 0.965.